The van der Waals surface area contributed by atoms with E-state index in [0.717, 1.165) is 11.3 Å². The van der Waals surface area contributed by atoms with E-state index in [4.69, 9.17) is 16.0 Å². The van der Waals surface area contributed by atoms with E-state index in [1.807, 2.05) is 31.2 Å². The third-order valence-electron chi connectivity index (χ3n) is 1.99. The van der Waals surface area contributed by atoms with Crippen molar-refractivity contribution < 1.29 is 4.42 Å². The maximum absolute atomic E-state index is 5.87. The molecule has 78 valence electrons. The fraction of sp³-hybridized carbons (Fsp3) is 0.182. The Morgan fingerprint density at radius 2 is 2.00 bits per heavy atom. The first kappa shape index (κ1) is 11.0. The molecule has 0 spiro atoms. The fourth-order valence-electron chi connectivity index (χ4n) is 1.22. The van der Waals surface area contributed by atoms with Crippen molar-refractivity contribution >= 4 is 34.2 Å². The summed E-state index contributed by atoms with van der Waals surface area (Å²) in [5, 5.41) is -0.192. The Balaban J connectivity index is 2.33. The summed E-state index contributed by atoms with van der Waals surface area (Å²) in [4.78, 5) is 4.11. The van der Waals surface area contributed by atoms with Gasteiger partial charge >= 0.3 is 0 Å². The smallest absolute Gasteiger partial charge is 0.212 e. The molecule has 2 rings (SSSR count). The molecule has 0 amide bonds. The third-order valence-corrected chi connectivity index (χ3v) is 2.90. The number of rotatable bonds is 2. The second kappa shape index (κ2) is 4.53. The van der Waals surface area contributed by atoms with E-state index in [0.29, 0.717) is 5.89 Å². The van der Waals surface area contributed by atoms with E-state index in [9.17, 15) is 0 Å². The van der Waals surface area contributed by atoms with Gasteiger partial charge in [0.1, 0.15) is 5.38 Å². The SMILES string of the molecule is CC(Cl)c1ncc(-c2ccc(I)cc2)o1. The Bertz CT molecular complexity index is 450. The summed E-state index contributed by atoms with van der Waals surface area (Å²) in [5.74, 6) is 1.32. The molecule has 15 heavy (non-hydrogen) atoms. The van der Waals surface area contributed by atoms with Gasteiger partial charge in [-0.1, -0.05) is 12.1 Å². The van der Waals surface area contributed by atoms with Crippen molar-refractivity contribution in [2.45, 2.75) is 12.3 Å². The lowest BCUT2D eigenvalue weighted by Crippen LogP contribution is -1.80. The van der Waals surface area contributed by atoms with Crippen molar-refractivity contribution in [3.8, 4) is 11.3 Å². The first-order valence-electron chi connectivity index (χ1n) is 4.52. The van der Waals surface area contributed by atoms with Crippen molar-refractivity contribution in [3.63, 3.8) is 0 Å². The van der Waals surface area contributed by atoms with Crippen LogP contribution in [0.15, 0.2) is 34.9 Å². The number of halogens is 2. The van der Waals surface area contributed by atoms with Crippen molar-refractivity contribution in [1.82, 2.24) is 4.98 Å². The molecule has 2 aromatic rings. The minimum atomic E-state index is -0.192. The first-order chi connectivity index (χ1) is 7.16. The quantitative estimate of drug-likeness (QED) is 0.607. The Morgan fingerprint density at radius 1 is 1.33 bits per heavy atom. The lowest BCUT2D eigenvalue weighted by molar-refractivity contribution is 0.508. The van der Waals surface area contributed by atoms with Gasteiger partial charge < -0.3 is 4.42 Å². The molecule has 1 aromatic heterocycles. The first-order valence-corrected chi connectivity index (χ1v) is 6.04. The van der Waals surface area contributed by atoms with Crippen LogP contribution in [0.4, 0.5) is 0 Å². The van der Waals surface area contributed by atoms with E-state index < -0.39 is 0 Å². The molecule has 0 aliphatic rings. The molecule has 0 saturated heterocycles. The number of hydrogen-bond acceptors (Lipinski definition) is 2. The Labute approximate surface area is 107 Å². The minimum absolute atomic E-state index is 0.192. The summed E-state index contributed by atoms with van der Waals surface area (Å²) in [6, 6.07) is 8.07. The van der Waals surface area contributed by atoms with Gasteiger partial charge in [0.2, 0.25) is 5.89 Å². The largest absolute Gasteiger partial charge is 0.439 e. The minimum Gasteiger partial charge on any atom is -0.439 e. The molecule has 1 atom stereocenters. The van der Waals surface area contributed by atoms with Crippen molar-refractivity contribution in [3.05, 3.63) is 39.9 Å². The zero-order valence-corrected chi connectivity index (χ0v) is 11.0. The van der Waals surface area contributed by atoms with Gasteiger partial charge in [0.25, 0.3) is 0 Å². The second-order valence-electron chi connectivity index (χ2n) is 3.19. The van der Waals surface area contributed by atoms with Crippen molar-refractivity contribution in [2.24, 2.45) is 0 Å². The maximum Gasteiger partial charge on any atom is 0.212 e. The summed E-state index contributed by atoms with van der Waals surface area (Å²) >= 11 is 8.14. The van der Waals surface area contributed by atoms with Crippen molar-refractivity contribution in [1.29, 1.82) is 0 Å². The lowest BCUT2D eigenvalue weighted by atomic mass is 10.2. The van der Waals surface area contributed by atoms with Crippen LogP contribution in [0.25, 0.3) is 11.3 Å². The molecule has 0 radical (unpaired) electrons. The molecule has 0 saturated carbocycles. The maximum atomic E-state index is 5.87. The Hall–Kier alpha value is -0.550. The fourth-order valence-corrected chi connectivity index (χ4v) is 1.68. The third kappa shape index (κ3) is 2.52. The standard InChI is InChI=1S/C11H9ClINO/c1-7(12)11-14-6-10(15-11)8-2-4-9(13)5-3-8/h2-7H,1H3. The van der Waals surface area contributed by atoms with Crippen LogP contribution < -0.4 is 0 Å². The molecule has 0 bridgehead atoms. The predicted molar refractivity (Wildman–Crippen MR) is 68.9 cm³/mol. The summed E-state index contributed by atoms with van der Waals surface area (Å²) in [7, 11) is 0. The van der Waals surface area contributed by atoms with Crippen LogP contribution >= 0.6 is 34.2 Å². The zero-order chi connectivity index (χ0) is 10.8. The number of alkyl halides is 1. The summed E-state index contributed by atoms with van der Waals surface area (Å²) in [6.45, 7) is 1.84. The molecule has 4 heteroatoms. The van der Waals surface area contributed by atoms with Gasteiger partial charge in [-0.05, 0) is 41.6 Å². The van der Waals surface area contributed by atoms with Gasteiger partial charge in [-0.15, -0.1) is 11.6 Å². The van der Waals surface area contributed by atoms with Crippen LogP contribution in [-0.4, -0.2) is 4.98 Å². The van der Waals surface area contributed by atoms with Crippen LogP contribution in [0.5, 0.6) is 0 Å². The highest BCUT2D eigenvalue weighted by atomic mass is 127. The summed E-state index contributed by atoms with van der Waals surface area (Å²) < 4.78 is 6.72. The number of oxazole rings is 1. The van der Waals surface area contributed by atoms with Crippen LogP contribution in [-0.2, 0) is 0 Å². The lowest BCUT2D eigenvalue weighted by Gasteiger charge is -1.97. The van der Waals surface area contributed by atoms with Crippen molar-refractivity contribution in [2.75, 3.05) is 0 Å². The van der Waals surface area contributed by atoms with Crippen LogP contribution in [0.2, 0.25) is 0 Å². The van der Waals surface area contributed by atoms with E-state index >= 15 is 0 Å². The molecular formula is C11H9ClINO. The molecule has 0 N–H and O–H groups in total. The van der Waals surface area contributed by atoms with Crippen LogP contribution in [0.1, 0.15) is 18.2 Å². The second-order valence-corrected chi connectivity index (χ2v) is 5.09. The molecule has 0 aliphatic carbocycles. The highest BCUT2D eigenvalue weighted by molar-refractivity contribution is 14.1. The molecule has 1 heterocycles. The molecular weight excluding hydrogens is 324 g/mol. The van der Waals surface area contributed by atoms with Gasteiger partial charge in [0.15, 0.2) is 5.76 Å². The zero-order valence-electron chi connectivity index (χ0n) is 8.08. The normalized spacial score (nSPS) is 12.7. The molecule has 0 fully saturated rings. The van der Waals surface area contributed by atoms with E-state index in [1.165, 1.54) is 3.57 Å². The number of hydrogen-bond donors (Lipinski definition) is 0. The predicted octanol–water partition coefficient (Wildman–Crippen LogP) is 4.25. The summed E-state index contributed by atoms with van der Waals surface area (Å²) in [6.07, 6.45) is 1.70. The number of nitrogens with zero attached hydrogens (tertiary/aromatic N) is 1. The van der Waals surface area contributed by atoms with Gasteiger partial charge in [0, 0.05) is 9.13 Å². The van der Waals surface area contributed by atoms with Gasteiger partial charge in [0.05, 0.1) is 6.20 Å². The molecule has 0 aliphatic heterocycles. The number of benzene rings is 1. The van der Waals surface area contributed by atoms with Gasteiger partial charge in [-0.3, -0.25) is 0 Å². The highest BCUT2D eigenvalue weighted by Crippen LogP contribution is 2.25. The molecule has 1 unspecified atom stereocenters. The number of aromatic nitrogens is 1. The van der Waals surface area contributed by atoms with Gasteiger partial charge in [-0.25, -0.2) is 4.98 Å². The topological polar surface area (TPSA) is 26.0 Å². The molecule has 2 nitrogen and oxygen atoms in total. The Kier molecular flexibility index (Phi) is 3.31. The molecule has 1 aromatic carbocycles. The van der Waals surface area contributed by atoms with Crippen LogP contribution in [0, 0.1) is 3.57 Å². The van der Waals surface area contributed by atoms with E-state index in [1.54, 1.807) is 6.20 Å². The summed E-state index contributed by atoms with van der Waals surface area (Å²) in [5.41, 5.74) is 1.02. The van der Waals surface area contributed by atoms with E-state index in [-0.39, 0.29) is 5.38 Å². The monoisotopic (exact) mass is 333 g/mol. The average molecular weight is 334 g/mol. The Morgan fingerprint density at radius 3 is 2.53 bits per heavy atom. The average Bonchev–Trinajstić information content (AvgIpc) is 2.68. The van der Waals surface area contributed by atoms with Crippen LogP contribution in [0.3, 0.4) is 0 Å². The van der Waals surface area contributed by atoms with E-state index in [2.05, 4.69) is 27.6 Å². The van der Waals surface area contributed by atoms with Gasteiger partial charge in [-0.2, -0.15) is 0 Å². The highest BCUT2D eigenvalue weighted by Gasteiger charge is 2.10.